The maximum atomic E-state index is 15.3. The summed E-state index contributed by atoms with van der Waals surface area (Å²) in [6.07, 6.45) is 0.655. The third-order valence-corrected chi connectivity index (χ3v) is 7.27. The van der Waals surface area contributed by atoms with Gasteiger partial charge in [-0.3, -0.25) is 18.8 Å². The Bertz CT molecular complexity index is 2060. The first-order valence-electron chi connectivity index (χ1n) is 12.0. The number of halogens is 5. The summed E-state index contributed by atoms with van der Waals surface area (Å²) < 4.78 is 91.1. The summed E-state index contributed by atoms with van der Waals surface area (Å²) >= 11 is 6.41. The number of benzene rings is 3. The molecule has 0 aliphatic rings. The number of nitrogens with zero attached hydrogens (tertiary/aromatic N) is 4. The van der Waals surface area contributed by atoms with Gasteiger partial charge in [-0.1, -0.05) is 11.6 Å². The Hall–Kier alpha value is -4.21. The van der Waals surface area contributed by atoms with E-state index in [0.29, 0.717) is 6.07 Å². The molecule has 2 aromatic heterocycles. The van der Waals surface area contributed by atoms with Crippen molar-refractivity contribution in [3.05, 3.63) is 86.4 Å². The van der Waals surface area contributed by atoms with E-state index in [-0.39, 0.29) is 45.2 Å². The van der Waals surface area contributed by atoms with Gasteiger partial charge in [0.25, 0.3) is 5.56 Å². The third kappa shape index (κ3) is 5.14. The fourth-order valence-corrected chi connectivity index (χ4v) is 5.52. The Labute approximate surface area is 240 Å². The van der Waals surface area contributed by atoms with Gasteiger partial charge >= 0.3 is 0 Å². The number of aromatic nitrogens is 4. The second-order valence-corrected chi connectivity index (χ2v) is 11.6. The number of anilines is 1. The van der Waals surface area contributed by atoms with E-state index >= 15 is 4.39 Å². The molecule has 3 aromatic carbocycles. The molecule has 5 aromatic rings. The van der Waals surface area contributed by atoms with Crippen molar-refractivity contribution >= 4 is 49.2 Å². The number of methoxy groups -OCH3 is 1. The monoisotopic (exact) mass is 624 g/mol. The first kappa shape index (κ1) is 29.3. The van der Waals surface area contributed by atoms with Crippen LogP contribution in [0.3, 0.4) is 0 Å². The summed E-state index contributed by atoms with van der Waals surface area (Å²) in [5.74, 6) is -5.36. The maximum Gasteiger partial charge on any atom is 0.266 e. The van der Waals surface area contributed by atoms with Crippen LogP contribution in [-0.4, -0.2) is 41.1 Å². The van der Waals surface area contributed by atoms with Crippen molar-refractivity contribution in [2.24, 2.45) is 12.8 Å². The molecule has 1 atom stereocenters. The summed E-state index contributed by atoms with van der Waals surface area (Å²) in [7, 11) is -1.32. The number of nitrogens with one attached hydrogen (secondary N) is 1. The number of rotatable bonds is 7. The summed E-state index contributed by atoms with van der Waals surface area (Å²) in [5.41, 5.74) is 5.20. The first-order valence-corrected chi connectivity index (χ1v) is 14.3. The SMILES string of the molecule is COc1c(F)cc2c(=O)n(-c3ccc(Cl)c4c(NS(C)(=O)=O)nn(C)c34)c(C(N)Cc3cc(F)cc(F)c3)nc2c1F. The highest BCUT2D eigenvalue weighted by molar-refractivity contribution is 7.92. The molecule has 0 amide bonds. The van der Waals surface area contributed by atoms with Crippen molar-refractivity contribution in [3.63, 3.8) is 0 Å². The normalized spacial score (nSPS) is 12.7. The van der Waals surface area contributed by atoms with E-state index in [9.17, 15) is 26.4 Å². The lowest BCUT2D eigenvalue weighted by atomic mass is 10.0. The molecule has 0 spiro atoms. The van der Waals surface area contributed by atoms with E-state index < -0.39 is 61.5 Å². The highest BCUT2D eigenvalue weighted by Crippen LogP contribution is 2.36. The van der Waals surface area contributed by atoms with Gasteiger partial charge in [0.2, 0.25) is 10.0 Å². The largest absolute Gasteiger partial charge is 0.491 e. The molecule has 10 nitrogen and oxygen atoms in total. The molecule has 0 saturated heterocycles. The van der Waals surface area contributed by atoms with Crippen LogP contribution in [0, 0.1) is 23.3 Å². The minimum absolute atomic E-state index is 0.0258. The maximum absolute atomic E-state index is 15.3. The zero-order valence-corrected chi connectivity index (χ0v) is 23.6. The highest BCUT2D eigenvalue weighted by Gasteiger charge is 2.27. The molecule has 0 bridgehead atoms. The van der Waals surface area contributed by atoms with Crippen molar-refractivity contribution in [3.8, 4) is 11.4 Å². The van der Waals surface area contributed by atoms with Crippen LogP contribution >= 0.6 is 11.6 Å². The molecule has 16 heteroatoms. The molecule has 0 aliphatic heterocycles. The van der Waals surface area contributed by atoms with Crippen LogP contribution in [0.2, 0.25) is 5.02 Å². The van der Waals surface area contributed by atoms with E-state index in [1.807, 2.05) is 0 Å². The second kappa shape index (κ2) is 10.6. The van der Waals surface area contributed by atoms with E-state index in [4.69, 9.17) is 22.1 Å². The predicted octanol–water partition coefficient (Wildman–Crippen LogP) is 4.10. The molecular weight excluding hydrogens is 604 g/mol. The van der Waals surface area contributed by atoms with Crippen LogP contribution in [0.15, 0.2) is 41.2 Å². The fourth-order valence-electron chi connectivity index (χ4n) is 4.78. The standard InChI is InChI=1S/C26H21ClF4N6O4S/c1-36-22-18(5-4-15(27)19(22)24(34-36)35-42(3,39)40)37-25(17(32)8-11-6-12(28)9-13(29)7-11)33-21-14(26(37)38)10-16(30)23(41-2)20(21)31/h4-7,9-10,17H,8,32H2,1-3H3,(H,34,35). The Morgan fingerprint density at radius 3 is 2.40 bits per heavy atom. The topological polar surface area (TPSA) is 134 Å². The van der Waals surface area contributed by atoms with Crippen LogP contribution in [0.4, 0.5) is 23.4 Å². The Kier molecular flexibility index (Phi) is 7.37. The number of hydrogen-bond donors (Lipinski definition) is 2. The van der Waals surface area contributed by atoms with Crippen LogP contribution in [-0.2, 0) is 23.5 Å². The minimum Gasteiger partial charge on any atom is -0.491 e. The molecule has 5 rings (SSSR count). The molecule has 0 saturated carbocycles. The van der Waals surface area contributed by atoms with E-state index in [0.717, 1.165) is 36.1 Å². The second-order valence-electron chi connectivity index (χ2n) is 9.44. The Morgan fingerprint density at radius 2 is 1.79 bits per heavy atom. The van der Waals surface area contributed by atoms with Crippen molar-refractivity contribution in [1.82, 2.24) is 19.3 Å². The van der Waals surface area contributed by atoms with E-state index in [2.05, 4.69) is 14.8 Å². The lowest BCUT2D eigenvalue weighted by Crippen LogP contribution is -2.30. The quantitative estimate of drug-likeness (QED) is 0.260. The Balaban J connectivity index is 1.86. The molecular formula is C26H21ClF4N6O4S. The van der Waals surface area contributed by atoms with Gasteiger partial charge in [-0.15, -0.1) is 0 Å². The summed E-state index contributed by atoms with van der Waals surface area (Å²) in [6, 6.07) is 4.98. The van der Waals surface area contributed by atoms with Crippen molar-refractivity contribution in [1.29, 1.82) is 0 Å². The van der Waals surface area contributed by atoms with Gasteiger partial charge in [0.15, 0.2) is 23.2 Å². The summed E-state index contributed by atoms with van der Waals surface area (Å²) in [6.45, 7) is 0. The van der Waals surface area contributed by atoms with Gasteiger partial charge in [0, 0.05) is 13.1 Å². The van der Waals surface area contributed by atoms with E-state index in [1.165, 1.54) is 23.9 Å². The fraction of sp³-hybridized carbons (Fsp3) is 0.192. The number of ether oxygens (including phenoxy) is 1. The predicted molar refractivity (Wildman–Crippen MR) is 149 cm³/mol. The molecule has 42 heavy (non-hydrogen) atoms. The molecule has 0 radical (unpaired) electrons. The van der Waals surface area contributed by atoms with Gasteiger partial charge in [-0.25, -0.2) is 31.0 Å². The van der Waals surface area contributed by atoms with Crippen LogP contribution < -0.4 is 20.8 Å². The average molecular weight is 625 g/mol. The number of nitrogens with two attached hydrogens (primary N) is 1. The number of hydrogen-bond acceptors (Lipinski definition) is 7. The summed E-state index contributed by atoms with van der Waals surface area (Å²) in [4.78, 5) is 18.3. The minimum atomic E-state index is -3.81. The van der Waals surface area contributed by atoms with Crippen molar-refractivity contribution in [2.75, 3.05) is 18.1 Å². The van der Waals surface area contributed by atoms with Crippen molar-refractivity contribution in [2.45, 2.75) is 12.5 Å². The zero-order valence-electron chi connectivity index (χ0n) is 22.0. The lowest BCUT2D eigenvalue weighted by Gasteiger charge is -2.20. The zero-order chi connectivity index (χ0) is 30.7. The van der Waals surface area contributed by atoms with Crippen LogP contribution in [0.25, 0.3) is 27.5 Å². The average Bonchev–Trinajstić information content (AvgIpc) is 3.19. The Morgan fingerprint density at radius 1 is 1.12 bits per heavy atom. The van der Waals surface area contributed by atoms with Gasteiger partial charge < -0.3 is 10.5 Å². The highest BCUT2D eigenvalue weighted by atomic mass is 35.5. The third-order valence-electron chi connectivity index (χ3n) is 6.39. The molecule has 1 unspecified atom stereocenters. The van der Waals surface area contributed by atoms with Crippen LogP contribution in [0.5, 0.6) is 5.75 Å². The number of sulfonamides is 1. The molecule has 2 heterocycles. The molecule has 0 fully saturated rings. The first-order chi connectivity index (χ1) is 19.7. The molecule has 3 N–H and O–H groups in total. The number of fused-ring (bicyclic) bond motifs is 2. The molecule has 220 valence electrons. The van der Waals surface area contributed by atoms with Crippen LogP contribution in [0.1, 0.15) is 17.4 Å². The van der Waals surface area contributed by atoms with Gasteiger partial charge in [-0.05, 0) is 42.3 Å². The van der Waals surface area contributed by atoms with Gasteiger partial charge in [-0.2, -0.15) is 5.10 Å². The van der Waals surface area contributed by atoms with Gasteiger partial charge in [0.05, 0.1) is 46.4 Å². The number of aryl methyl sites for hydroxylation is 1. The van der Waals surface area contributed by atoms with Crippen molar-refractivity contribution < 1.29 is 30.7 Å². The van der Waals surface area contributed by atoms with E-state index in [1.54, 1.807) is 0 Å². The molecule has 0 aliphatic carbocycles. The smallest absolute Gasteiger partial charge is 0.266 e. The lowest BCUT2D eigenvalue weighted by molar-refractivity contribution is 0.362. The van der Waals surface area contributed by atoms with Gasteiger partial charge in [0.1, 0.15) is 23.0 Å². The summed E-state index contributed by atoms with van der Waals surface area (Å²) in [5, 5.41) is 3.88.